The highest BCUT2D eigenvalue weighted by molar-refractivity contribution is 6.04. The van der Waals surface area contributed by atoms with Crippen LogP contribution in [0.3, 0.4) is 0 Å². The topological polar surface area (TPSA) is 119 Å². The van der Waals surface area contributed by atoms with Crippen LogP contribution in [0.2, 0.25) is 0 Å². The minimum atomic E-state index is -0.484. The Labute approximate surface area is 154 Å². The number of carbonyl (C=O) groups excluding carboxylic acids is 2. The maximum absolute atomic E-state index is 12.6. The second kappa shape index (κ2) is 6.75. The van der Waals surface area contributed by atoms with E-state index in [4.69, 9.17) is 10.5 Å². The molecule has 0 aliphatic carbocycles. The van der Waals surface area contributed by atoms with Crippen LogP contribution in [0.1, 0.15) is 10.5 Å². The van der Waals surface area contributed by atoms with Crippen molar-refractivity contribution in [1.82, 2.24) is 9.97 Å². The number of carbonyl (C=O) groups is 2. The summed E-state index contributed by atoms with van der Waals surface area (Å²) in [5.74, 6) is -0.310. The summed E-state index contributed by atoms with van der Waals surface area (Å²) in [6, 6.07) is 16.1. The number of rotatable bonds is 3. The molecule has 0 fully saturated rings. The van der Waals surface area contributed by atoms with Crippen LogP contribution in [0.15, 0.2) is 54.6 Å². The van der Waals surface area contributed by atoms with Gasteiger partial charge in [0.1, 0.15) is 11.4 Å². The number of nitrogen functional groups attached to an aromatic ring is 1. The highest BCUT2D eigenvalue weighted by atomic mass is 16.5. The van der Waals surface area contributed by atoms with Crippen molar-refractivity contribution in [3.63, 3.8) is 0 Å². The number of nitrogens with zero attached hydrogens (tertiary/aromatic N) is 2. The van der Waals surface area contributed by atoms with Gasteiger partial charge in [0, 0.05) is 5.56 Å². The van der Waals surface area contributed by atoms with Gasteiger partial charge in [-0.05, 0) is 24.3 Å². The zero-order chi connectivity index (χ0) is 18.8. The third kappa shape index (κ3) is 3.40. The van der Waals surface area contributed by atoms with Crippen molar-refractivity contribution in [2.45, 2.75) is 0 Å². The Bertz CT molecular complexity index is 1040. The van der Waals surface area contributed by atoms with Gasteiger partial charge in [-0.3, -0.25) is 9.59 Å². The van der Waals surface area contributed by atoms with E-state index in [2.05, 4.69) is 20.6 Å². The summed E-state index contributed by atoms with van der Waals surface area (Å²) in [5, 5.41) is 5.29. The monoisotopic (exact) mass is 361 g/mol. The Balaban J connectivity index is 1.59. The summed E-state index contributed by atoms with van der Waals surface area (Å²) >= 11 is 0. The molecule has 0 saturated carbocycles. The predicted octanol–water partition coefficient (Wildman–Crippen LogP) is 2.31. The van der Waals surface area contributed by atoms with E-state index >= 15 is 0 Å². The number of aromatic nitrogens is 2. The Kier molecular flexibility index (Phi) is 4.13. The number of pyridine rings is 2. The molecule has 2 amide bonds. The molecule has 0 atom stereocenters. The molecular weight excluding hydrogens is 346 g/mol. The van der Waals surface area contributed by atoms with Crippen molar-refractivity contribution in [3.05, 3.63) is 60.3 Å². The Morgan fingerprint density at radius 1 is 1.07 bits per heavy atom. The lowest BCUT2D eigenvalue weighted by molar-refractivity contribution is -0.118. The minimum absolute atomic E-state index is 0.121. The number of anilines is 3. The average Bonchev–Trinajstić information content (AvgIpc) is 2.70. The molecule has 3 heterocycles. The van der Waals surface area contributed by atoms with Crippen molar-refractivity contribution >= 4 is 29.0 Å². The van der Waals surface area contributed by atoms with Crippen LogP contribution in [0.4, 0.5) is 17.2 Å². The van der Waals surface area contributed by atoms with E-state index in [1.54, 1.807) is 18.2 Å². The first kappa shape index (κ1) is 16.5. The highest BCUT2D eigenvalue weighted by Gasteiger charge is 2.20. The molecule has 4 rings (SSSR count). The van der Waals surface area contributed by atoms with Crippen LogP contribution < -0.4 is 21.1 Å². The number of ether oxygens (including phenoxy) is 1. The van der Waals surface area contributed by atoms with Gasteiger partial charge in [0.2, 0.25) is 5.88 Å². The number of benzene rings is 1. The molecule has 0 unspecified atom stereocenters. The van der Waals surface area contributed by atoms with Crippen LogP contribution in [-0.2, 0) is 4.79 Å². The van der Waals surface area contributed by atoms with Crippen molar-refractivity contribution in [2.75, 3.05) is 23.0 Å². The van der Waals surface area contributed by atoms with E-state index in [0.29, 0.717) is 17.1 Å². The van der Waals surface area contributed by atoms with E-state index in [9.17, 15) is 9.59 Å². The van der Waals surface area contributed by atoms with Crippen LogP contribution in [0, 0.1) is 0 Å². The lowest BCUT2D eigenvalue weighted by Crippen LogP contribution is -2.26. The van der Waals surface area contributed by atoms with Gasteiger partial charge in [-0.2, -0.15) is 0 Å². The van der Waals surface area contributed by atoms with Gasteiger partial charge >= 0.3 is 0 Å². The van der Waals surface area contributed by atoms with E-state index < -0.39 is 5.91 Å². The van der Waals surface area contributed by atoms with Gasteiger partial charge in [-0.15, -0.1) is 0 Å². The molecule has 134 valence electrons. The summed E-state index contributed by atoms with van der Waals surface area (Å²) in [5.41, 5.74) is 8.42. The molecule has 1 aromatic carbocycles. The summed E-state index contributed by atoms with van der Waals surface area (Å²) in [6.07, 6.45) is 0. The molecule has 0 radical (unpaired) electrons. The van der Waals surface area contributed by atoms with E-state index in [1.165, 1.54) is 6.07 Å². The van der Waals surface area contributed by atoms with Gasteiger partial charge < -0.3 is 21.1 Å². The number of nitrogens with two attached hydrogens (primary N) is 1. The van der Waals surface area contributed by atoms with E-state index in [0.717, 1.165) is 5.56 Å². The van der Waals surface area contributed by atoms with Gasteiger partial charge in [-0.25, -0.2) is 9.97 Å². The standard InChI is InChI=1S/C19H15N5O3/c20-12-6-7-13(11-4-2-1-3-5-11)22-17(12)24-18(26)14-8-9-15-19(23-14)27-10-16(25)21-15/h1-9H,10,20H2,(H,21,25)(H,22,24,26). The van der Waals surface area contributed by atoms with Crippen LogP contribution in [0.5, 0.6) is 5.88 Å². The van der Waals surface area contributed by atoms with E-state index in [1.807, 2.05) is 30.3 Å². The highest BCUT2D eigenvalue weighted by Crippen LogP contribution is 2.26. The zero-order valence-electron chi connectivity index (χ0n) is 14.1. The third-order valence-corrected chi connectivity index (χ3v) is 3.93. The number of amides is 2. The molecule has 27 heavy (non-hydrogen) atoms. The molecule has 4 N–H and O–H groups in total. The lowest BCUT2D eigenvalue weighted by atomic mass is 10.1. The van der Waals surface area contributed by atoms with Crippen molar-refractivity contribution in [1.29, 1.82) is 0 Å². The average molecular weight is 361 g/mol. The quantitative estimate of drug-likeness (QED) is 0.659. The predicted molar refractivity (Wildman–Crippen MR) is 100 cm³/mol. The molecular formula is C19H15N5O3. The molecule has 0 saturated heterocycles. The fraction of sp³-hybridized carbons (Fsp3) is 0.0526. The van der Waals surface area contributed by atoms with Gasteiger partial charge in [0.15, 0.2) is 12.4 Å². The zero-order valence-corrected chi connectivity index (χ0v) is 14.1. The molecule has 0 bridgehead atoms. The van der Waals surface area contributed by atoms with Crippen LogP contribution in [0.25, 0.3) is 11.3 Å². The Morgan fingerprint density at radius 3 is 2.70 bits per heavy atom. The van der Waals surface area contributed by atoms with Gasteiger partial charge in [-0.1, -0.05) is 30.3 Å². The second-order valence-corrected chi connectivity index (χ2v) is 5.84. The SMILES string of the molecule is Nc1ccc(-c2ccccc2)nc1NC(=O)c1ccc2c(n1)OCC(=O)N2. The first-order valence-electron chi connectivity index (χ1n) is 8.17. The Hall–Kier alpha value is -3.94. The largest absolute Gasteiger partial charge is 0.466 e. The number of hydrogen-bond donors (Lipinski definition) is 3. The van der Waals surface area contributed by atoms with Crippen LogP contribution in [-0.4, -0.2) is 28.4 Å². The van der Waals surface area contributed by atoms with Gasteiger partial charge in [0.25, 0.3) is 11.8 Å². The third-order valence-electron chi connectivity index (χ3n) is 3.93. The molecule has 1 aliphatic rings. The maximum Gasteiger partial charge on any atom is 0.275 e. The second-order valence-electron chi connectivity index (χ2n) is 5.84. The molecule has 1 aliphatic heterocycles. The summed E-state index contributed by atoms with van der Waals surface area (Å²) < 4.78 is 5.23. The first-order valence-corrected chi connectivity index (χ1v) is 8.17. The first-order chi connectivity index (χ1) is 13.1. The number of fused-ring (bicyclic) bond motifs is 1. The molecule has 2 aromatic heterocycles. The summed E-state index contributed by atoms with van der Waals surface area (Å²) in [7, 11) is 0. The maximum atomic E-state index is 12.6. The fourth-order valence-electron chi connectivity index (χ4n) is 2.60. The number of nitrogens with one attached hydrogen (secondary N) is 2. The van der Waals surface area contributed by atoms with Gasteiger partial charge in [0.05, 0.1) is 11.4 Å². The summed E-state index contributed by atoms with van der Waals surface area (Å²) in [6.45, 7) is -0.140. The fourth-order valence-corrected chi connectivity index (χ4v) is 2.60. The number of hydrogen-bond acceptors (Lipinski definition) is 6. The molecule has 8 heteroatoms. The van der Waals surface area contributed by atoms with Crippen molar-refractivity contribution in [2.24, 2.45) is 0 Å². The molecule has 3 aromatic rings. The Morgan fingerprint density at radius 2 is 1.89 bits per heavy atom. The smallest absolute Gasteiger partial charge is 0.275 e. The molecule has 8 nitrogen and oxygen atoms in total. The van der Waals surface area contributed by atoms with Crippen molar-refractivity contribution in [3.8, 4) is 17.1 Å². The van der Waals surface area contributed by atoms with Crippen molar-refractivity contribution < 1.29 is 14.3 Å². The molecule has 0 spiro atoms. The van der Waals surface area contributed by atoms with E-state index in [-0.39, 0.29) is 29.9 Å². The normalized spacial score (nSPS) is 12.5. The van der Waals surface area contributed by atoms with Crippen LogP contribution >= 0.6 is 0 Å². The minimum Gasteiger partial charge on any atom is -0.466 e. The summed E-state index contributed by atoms with van der Waals surface area (Å²) in [4.78, 5) is 32.4. The lowest BCUT2D eigenvalue weighted by Gasteiger charge is -2.17.